The summed E-state index contributed by atoms with van der Waals surface area (Å²) in [6.45, 7) is 8.49. The maximum atomic E-state index is 12.2. The number of hydrogen-bond donors (Lipinski definition) is 2. The lowest BCUT2D eigenvalue weighted by Crippen LogP contribution is -2.37. The molecule has 1 aromatic rings. The molecule has 0 bridgehead atoms. The van der Waals surface area contributed by atoms with Crippen molar-refractivity contribution in [2.24, 2.45) is 0 Å². The van der Waals surface area contributed by atoms with Gasteiger partial charge in [-0.1, -0.05) is 6.08 Å². The number of carbonyl (C=O) groups is 1. The average molecular weight is 303 g/mol. The zero-order chi connectivity index (χ0) is 15.9. The zero-order valence-electron chi connectivity index (χ0n) is 13.2. The minimum atomic E-state index is -0.217. The van der Waals surface area contributed by atoms with Crippen LogP contribution in [0.2, 0.25) is 0 Å². The third kappa shape index (κ3) is 4.01. The van der Waals surface area contributed by atoms with Crippen molar-refractivity contribution in [2.45, 2.75) is 19.8 Å². The number of nitrogens with one attached hydrogen (secondary N) is 1. The van der Waals surface area contributed by atoms with Crippen molar-refractivity contribution in [3.63, 3.8) is 0 Å². The quantitative estimate of drug-likeness (QED) is 0.794. The highest BCUT2D eigenvalue weighted by Crippen LogP contribution is 2.25. The number of urea groups is 1. The fraction of sp³-hybridized carbons (Fsp3) is 0.471. The predicted molar refractivity (Wildman–Crippen MR) is 90.5 cm³/mol. The first-order valence-electron chi connectivity index (χ1n) is 7.79. The summed E-state index contributed by atoms with van der Waals surface area (Å²) in [6, 6.07) is 5.90. The summed E-state index contributed by atoms with van der Waals surface area (Å²) >= 11 is 0. The van der Waals surface area contributed by atoms with E-state index in [9.17, 15) is 4.79 Å². The lowest BCUT2D eigenvalue weighted by atomic mass is 10.1. The maximum absolute atomic E-state index is 12.2. The Morgan fingerprint density at radius 3 is 2.77 bits per heavy atom. The largest absolute Gasteiger partial charge is 0.395 e. The standard InChI is InChI=1S/C17H25N3O2/c1-3-8-20(11-12-21)17(22)18-16-7-6-15(13-14(16)2)19-9-4-5-10-19/h3,6-7,13,21H,1,4-5,8-12H2,2H3,(H,18,22). The van der Waals surface area contributed by atoms with Crippen molar-refractivity contribution in [1.29, 1.82) is 0 Å². The summed E-state index contributed by atoms with van der Waals surface area (Å²) in [4.78, 5) is 16.1. The topological polar surface area (TPSA) is 55.8 Å². The highest BCUT2D eigenvalue weighted by Gasteiger charge is 2.15. The van der Waals surface area contributed by atoms with E-state index in [0.29, 0.717) is 13.1 Å². The fourth-order valence-electron chi connectivity index (χ4n) is 2.71. The molecule has 1 aromatic carbocycles. The van der Waals surface area contributed by atoms with Gasteiger partial charge in [0, 0.05) is 37.6 Å². The van der Waals surface area contributed by atoms with E-state index >= 15 is 0 Å². The van der Waals surface area contributed by atoms with Crippen molar-refractivity contribution >= 4 is 17.4 Å². The first-order chi connectivity index (χ1) is 10.7. The van der Waals surface area contributed by atoms with Crippen molar-refractivity contribution < 1.29 is 9.90 Å². The summed E-state index contributed by atoms with van der Waals surface area (Å²) in [7, 11) is 0. The van der Waals surface area contributed by atoms with Gasteiger partial charge in [-0.3, -0.25) is 0 Å². The lowest BCUT2D eigenvalue weighted by Gasteiger charge is -2.22. The smallest absolute Gasteiger partial charge is 0.322 e. The number of hydrogen-bond acceptors (Lipinski definition) is 3. The minimum Gasteiger partial charge on any atom is -0.395 e. The number of anilines is 2. The number of aliphatic hydroxyl groups is 1. The average Bonchev–Trinajstić information content (AvgIpc) is 3.03. The molecule has 1 aliphatic heterocycles. The van der Waals surface area contributed by atoms with Crippen molar-refractivity contribution in [3.05, 3.63) is 36.4 Å². The Labute approximate surface area is 132 Å². The van der Waals surface area contributed by atoms with Crippen molar-refractivity contribution in [2.75, 3.05) is 43.0 Å². The molecule has 1 saturated heterocycles. The van der Waals surface area contributed by atoms with Gasteiger partial charge in [0.25, 0.3) is 0 Å². The van der Waals surface area contributed by atoms with Crippen LogP contribution in [0.5, 0.6) is 0 Å². The van der Waals surface area contributed by atoms with Gasteiger partial charge in [-0.2, -0.15) is 0 Å². The Balaban J connectivity index is 2.05. The highest BCUT2D eigenvalue weighted by atomic mass is 16.3. The summed E-state index contributed by atoms with van der Waals surface area (Å²) in [5, 5.41) is 11.9. The SMILES string of the molecule is C=CCN(CCO)C(=O)Nc1ccc(N2CCCC2)cc1C. The second kappa shape index (κ2) is 7.84. The molecule has 2 N–H and O–H groups in total. The molecule has 1 fully saturated rings. The van der Waals surface area contributed by atoms with E-state index in [1.807, 2.05) is 13.0 Å². The van der Waals surface area contributed by atoms with Gasteiger partial charge in [-0.05, 0) is 43.5 Å². The Morgan fingerprint density at radius 1 is 1.45 bits per heavy atom. The van der Waals surface area contributed by atoms with Gasteiger partial charge in [0.2, 0.25) is 0 Å². The van der Waals surface area contributed by atoms with E-state index < -0.39 is 0 Å². The molecular formula is C17H25N3O2. The third-order valence-corrected chi connectivity index (χ3v) is 3.93. The summed E-state index contributed by atoms with van der Waals surface area (Å²) in [6.07, 6.45) is 4.14. The van der Waals surface area contributed by atoms with Gasteiger partial charge in [0.05, 0.1) is 6.61 Å². The molecule has 0 spiro atoms. The predicted octanol–water partition coefficient (Wildman–Crippen LogP) is 2.61. The normalized spacial score (nSPS) is 14.0. The minimum absolute atomic E-state index is 0.0614. The summed E-state index contributed by atoms with van der Waals surface area (Å²) in [5.41, 5.74) is 3.06. The Bertz CT molecular complexity index is 525. The molecule has 1 aliphatic rings. The van der Waals surface area contributed by atoms with Crippen LogP contribution in [0.3, 0.4) is 0 Å². The number of nitrogens with zero attached hydrogens (tertiary/aromatic N) is 2. The third-order valence-electron chi connectivity index (χ3n) is 3.93. The van der Waals surface area contributed by atoms with Crippen molar-refractivity contribution in [3.8, 4) is 0 Å². The first kappa shape index (κ1) is 16.4. The van der Waals surface area contributed by atoms with Gasteiger partial charge >= 0.3 is 6.03 Å². The molecule has 5 heteroatoms. The number of aliphatic hydroxyl groups excluding tert-OH is 1. The molecule has 1 heterocycles. The van der Waals surface area contributed by atoms with Gasteiger partial charge in [-0.15, -0.1) is 6.58 Å². The molecule has 0 aromatic heterocycles. The van der Waals surface area contributed by atoms with Gasteiger partial charge in [0.15, 0.2) is 0 Å². The highest BCUT2D eigenvalue weighted by molar-refractivity contribution is 5.90. The van der Waals surface area contributed by atoms with E-state index in [0.717, 1.165) is 24.3 Å². The molecule has 120 valence electrons. The molecule has 0 saturated carbocycles. The number of rotatable bonds is 6. The van der Waals surface area contributed by atoms with E-state index in [1.165, 1.54) is 23.4 Å². The maximum Gasteiger partial charge on any atom is 0.322 e. The number of aryl methyl sites for hydroxylation is 1. The molecule has 22 heavy (non-hydrogen) atoms. The van der Waals surface area contributed by atoms with Crippen LogP contribution in [0.4, 0.5) is 16.2 Å². The van der Waals surface area contributed by atoms with E-state index in [1.54, 1.807) is 6.08 Å². The van der Waals surface area contributed by atoms with E-state index in [4.69, 9.17) is 5.11 Å². The second-order valence-electron chi connectivity index (χ2n) is 5.58. The molecule has 5 nitrogen and oxygen atoms in total. The van der Waals surface area contributed by atoms with Crippen LogP contribution >= 0.6 is 0 Å². The van der Waals surface area contributed by atoms with Gasteiger partial charge in [-0.25, -0.2) is 4.79 Å². The van der Waals surface area contributed by atoms with Crippen LogP contribution in [0.25, 0.3) is 0 Å². The Morgan fingerprint density at radius 2 is 2.18 bits per heavy atom. The number of benzene rings is 1. The Hall–Kier alpha value is -2.01. The van der Waals surface area contributed by atoms with Crippen LogP contribution in [0, 0.1) is 6.92 Å². The van der Waals surface area contributed by atoms with Gasteiger partial charge < -0.3 is 20.2 Å². The second-order valence-corrected chi connectivity index (χ2v) is 5.58. The Kier molecular flexibility index (Phi) is 5.83. The number of carbonyl (C=O) groups excluding carboxylic acids is 1. The molecule has 0 unspecified atom stereocenters. The van der Waals surface area contributed by atoms with Crippen LogP contribution < -0.4 is 10.2 Å². The van der Waals surface area contributed by atoms with E-state index in [2.05, 4.69) is 28.9 Å². The fourth-order valence-corrected chi connectivity index (χ4v) is 2.71. The van der Waals surface area contributed by atoms with Crippen LogP contribution in [0.15, 0.2) is 30.9 Å². The summed E-state index contributed by atoms with van der Waals surface area (Å²) < 4.78 is 0. The van der Waals surface area contributed by atoms with Crippen LogP contribution in [-0.2, 0) is 0 Å². The number of amides is 2. The van der Waals surface area contributed by atoms with Crippen molar-refractivity contribution in [1.82, 2.24) is 4.90 Å². The zero-order valence-corrected chi connectivity index (χ0v) is 13.2. The first-order valence-corrected chi connectivity index (χ1v) is 7.79. The molecule has 2 amide bonds. The lowest BCUT2D eigenvalue weighted by molar-refractivity contribution is 0.195. The molecule has 2 rings (SSSR count). The van der Waals surface area contributed by atoms with Gasteiger partial charge in [0.1, 0.15) is 0 Å². The van der Waals surface area contributed by atoms with Crippen LogP contribution in [-0.4, -0.2) is 48.8 Å². The molecule has 0 atom stereocenters. The summed E-state index contributed by atoms with van der Waals surface area (Å²) in [5.74, 6) is 0. The van der Waals surface area contributed by atoms with Crippen LogP contribution in [0.1, 0.15) is 18.4 Å². The molecular weight excluding hydrogens is 278 g/mol. The molecule has 0 radical (unpaired) electrons. The molecule has 0 aliphatic carbocycles. The van der Waals surface area contributed by atoms with E-state index in [-0.39, 0.29) is 12.6 Å². The monoisotopic (exact) mass is 303 g/mol.